The van der Waals surface area contributed by atoms with Crippen LogP contribution in [0, 0.1) is 22.1 Å². The lowest BCUT2D eigenvalue weighted by molar-refractivity contribution is -2.00. The van der Waals surface area contributed by atoms with E-state index in [0.717, 1.165) is 0 Å². The predicted molar refractivity (Wildman–Crippen MR) is 81.6 cm³/mol. The molecule has 1 unspecified atom stereocenters. The summed E-state index contributed by atoms with van der Waals surface area (Å²) in [6.45, 7) is 6.71. The minimum Gasteiger partial charge on any atom is -0.222 e. The van der Waals surface area contributed by atoms with Crippen LogP contribution in [-0.4, -0.2) is 0 Å². The van der Waals surface area contributed by atoms with E-state index in [1.54, 1.807) is 0 Å². The average molecular weight is 347 g/mol. The Kier molecular flexibility index (Phi) is 5.70. The van der Waals surface area contributed by atoms with Gasteiger partial charge in [-0.1, -0.05) is 11.6 Å². The number of halogens is 1. The van der Waals surface area contributed by atoms with Gasteiger partial charge in [-0.2, -0.15) is 0 Å². The van der Waals surface area contributed by atoms with Crippen LogP contribution in [0.15, 0.2) is 76.9 Å². The second-order valence-corrected chi connectivity index (χ2v) is 6.54. The zero-order chi connectivity index (χ0) is 17.9. The molecular formula is C19H19ClO4. The molecule has 126 valence electrons. The molecule has 3 rings (SSSR count). The lowest BCUT2D eigenvalue weighted by Crippen LogP contribution is -2.68. The van der Waals surface area contributed by atoms with Crippen LogP contribution >= 0.6 is 0 Å². The molecule has 0 amide bonds. The van der Waals surface area contributed by atoms with E-state index in [4.69, 9.17) is 18.6 Å². The van der Waals surface area contributed by atoms with Crippen LogP contribution in [0.2, 0.25) is 0 Å². The monoisotopic (exact) mass is 346 g/mol. The van der Waals surface area contributed by atoms with Crippen LogP contribution in [-0.2, 0) is 0 Å². The highest BCUT2D eigenvalue weighted by molar-refractivity contribution is 5.65. The van der Waals surface area contributed by atoms with Gasteiger partial charge in [0.05, 0.1) is 17.4 Å². The highest BCUT2D eigenvalue weighted by Gasteiger charge is 2.39. The maximum absolute atomic E-state index is 8.49. The van der Waals surface area contributed by atoms with Gasteiger partial charge in [0.25, 0.3) is 0 Å². The van der Waals surface area contributed by atoms with E-state index in [1.165, 1.54) is 33.8 Å². The Morgan fingerprint density at radius 3 is 2.08 bits per heavy atom. The molecule has 1 aromatic rings. The molecule has 0 aromatic heterocycles. The third-order valence-corrected chi connectivity index (χ3v) is 4.14. The summed E-state index contributed by atoms with van der Waals surface area (Å²) in [4.78, 5) is 0. The van der Waals surface area contributed by atoms with Crippen molar-refractivity contribution in [2.45, 2.75) is 20.8 Å². The molecule has 2 aliphatic carbocycles. The van der Waals surface area contributed by atoms with E-state index in [1.807, 2.05) is 0 Å². The van der Waals surface area contributed by atoms with E-state index >= 15 is 0 Å². The summed E-state index contributed by atoms with van der Waals surface area (Å²) in [5.41, 5.74) is 6.94. The van der Waals surface area contributed by atoms with Crippen LogP contribution in [0.5, 0.6) is 0 Å². The molecule has 0 heterocycles. The number of hydrogen-bond acceptors (Lipinski definition) is 4. The molecule has 2 aliphatic rings. The molecule has 5 heteroatoms. The summed E-state index contributed by atoms with van der Waals surface area (Å²) in [6.07, 6.45) is 8.99. The van der Waals surface area contributed by atoms with Crippen molar-refractivity contribution in [1.82, 2.24) is 0 Å². The van der Waals surface area contributed by atoms with Crippen LogP contribution in [0.1, 0.15) is 26.3 Å². The van der Waals surface area contributed by atoms with Gasteiger partial charge < -0.3 is 0 Å². The maximum atomic E-state index is 8.49. The summed E-state index contributed by atoms with van der Waals surface area (Å²) < 4.78 is 34.0. The highest BCUT2D eigenvalue weighted by Crippen LogP contribution is 2.47. The van der Waals surface area contributed by atoms with Crippen molar-refractivity contribution in [3.8, 4) is 0 Å². The van der Waals surface area contributed by atoms with Crippen LogP contribution in [0.4, 0.5) is 0 Å². The molecule has 24 heavy (non-hydrogen) atoms. The van der Waals surface area contributed by atoms with E-state index in [-0.39, 0.29) is 0 Å². The molecule has 0 radical (unpaired) electrons. The van der Waals surface area contributed by atoms with Crippen molar-refractivity contribution >= 4 is 0 Å². The van der Waals surface area contributed by atoms with Gasteiger partial charge in [-0.25, -0.2) is 18.6 Å². The van der Waals surface area contributed by atoms with Gasteiger partial charge in [0.2, 0.25) is 0 Å². The first-order valence-corrected chi connectivity index (χ1v) is 8.74. The number of fused-ring (bicyclic) bond motifs is 1. The Morgan fingerprint density at radius 1 is 0.917 bits per heavy atom. The lowest BCUT2D eigenvalue weighted by atomic mass is 9.85. The second-order valence-electron chi connectivity index (χ2n) is 5.78. The highest BCUT2D eigenvalue weighted by atomic mass is 35.7. The normalized spacial score (nSPS) is 20.0. The van der Waals surface area contributed by atoms with Gasteiger partial charge in [0.15, 0.2) is 0 Å². The van der Waals surface area contributed by atoms with E-state index < -0.39 is 10.2 Å². The maximum Gasteiger partial charge on any atom is 0.0991 e. The predicted octanol–water partition coefficient (Wildman–Crippen LogP) is 0.262. The zero-order valence-corrected chi connectivity index (χ0v) is 14.5. The van der Waals surface area contributed by atoms with Crippen LogP contribution in [0.25, 0.3) is 0 Å². The fourth-order valence-corrected chi connectivity index (χ4v) is 3.11. The van der Waals surface area contributed by atoms with Gasteiger partial charge in [0.1, 0.15) is 0 Å². The Hall–Kier alpha value is -1.82. The topological polar surface area (TPSA) is 92.2 Å². The fraction of sp³-hybridized carbons (Fsp3) is 0.211. The minimum atomic E-state index is -4.94. The van der Waals surface area contributed by atoms with E-state index in [9.17, 15) is 0 Å². The first-order chi connectivity index (χ1) is 11.2. The second kappa shape index (κ2) is 7.38. The molecule has 0 saturated carbocycles. The molecule has 0 spiro atoms. The third-order valence-electron chi connectivity index (χ3n) is 4.14. The molecule has 4 nitrogen and oxygen atoms in total. The summed E-state index contributed by atoms with van der Waals surface area (Å²) in [5.74, 6) is 1.95. The standard InChI is InChI=1S/C19H19.ClHO4/c1-13-9-11-17-14(2)19(15(3)18(17)12-10-13)16-7-5-4-6-8-16;2-1(3,4)5/h4-12,14H,1-3H3;(H,2,3,4,5)/q+1;/p-1. The minimum absolute atomic E-state index is 0.476. The Labute approximate surface area is 144 Å². The van der Waals surface area contributed by atoms with Crippen molar-refractivity contribution in [3.63, 3.8) is 0 Å². The third kappa shape index (κ3) is 4.60. The van der Waals surface area contributed by atoms with Gasteiger partial charge in [0, 0.05) is 28.9 Å². The number of rotatable bonds is 1. The largest absolute Gasteiger partial charge is 0.222 e. The number of allylic oxidation sites excluding steroid dienone is 8. The van der Waals surface area contributed by atoms with Crippen molar-refractivity contribution < 1.29 is 28.9 Å². The average Bonchev–Trinajstić information content (AvgIpc) is 2.62. The summed E-state index contributed by atoms with van der Waals surface area (Å²) in [5, 5.41) is 0. The Balaban J connectivity index is 0.000000368. The summed E-state index contributed by atoms with van der Waals surface area (Å²) in [7, 11) is -4.94. The fourth-order valence-electron chi connectivity index (χ4n) is 3.11. The Bertz CT molecular complexity index is 703. The molecule has 1 aromatic carbocycles. The van der Waals surface area contributed by atoms with Crippen LogP contribution < -0.4 is 18.6 Å². The molecule has 0 bridgehead atoms. The van der Waals surface area contributed by atoms with Gasteiger partial charge in [-0.05, 0) is 57.2 Å². The molecule has 0 fully saturated rings. The molecule has 0 saturated heterocycles. The quantitative estimate of drug-likeness (QED) is 0.682. The first-order valence-electron chi connectivity index (χ1n) is 7.50. The van der Waals surface area contributed by atoms with Crippen molar-refractivity contribution in [1.29, 1.82) is 0 Å². The molecular weight excluding hydrogens is 328 g/mol. The van der Waals surface area contributed by atoms with Crippen LogP contribution in [0.3, 0.4) is 0 Å². The van der Waals surface area contributed by atoms with Gasteiger partial charge in [-0.3, -0.25) is 0 Å². The van der Waals surface area contributed by atoms with Gasteiger partial charge >= 0.3 is 0 Å². The molecule has 1 atom stereocenters. The number of benzene rings is 1. The zero-order valence-electron chi connectivity index (χ0n) is 13.8. The van der Waals surface area contributed by atoms with Crippen molar-refractivity contribution in [3.05, 3.63) is 88.4 Å². The SMILES string of the molecule is CC1=CC=C2C(=C(C)[C+](c3ccccc3)C2C)C=C1.[O-][Cl+3]([O-])([O-])[O-]. The number of hydrogen-bond donors (Lipinski definition) is 0. The summed E-state index contributed by atoms with van der Waals surface area (Å²) >= 11 is 0. The van der Waals surface area contributed by atoms with E-state index in [0.29, 0.717) is 5.92 Å². The van der Waals surface area contributed by atoms with Gasteiger partial charge in [-0.15, -0.1) is 10.2 Å². The smallest absolute Gasteiger partial charge is 0.0991 e. The van der Waals surface area contributed by atoms with Crippen molar-refractivity contribution in [2.75, 3.05) is 0 Å². The Morgan fingerprint density at radius 2 is 1.50 bits per heavy atom. The summed E-state index contributed by atoms with van der Waals surface area (Å²) in [6, 6.07) is 10.7. The first kappa shape index (κ1) is 18.5. The van der Waals surface area contributed by atoms with Crippen molar-refractivity contribution in [2.24, 2.45) is 5.92 Å². The lowest BCUT2D eigenvalue weighted by Gasteiger charge is -2.17. The van der Waals surface area contributed by atoms with E-state index in [2.05, 4.69) is 75.4 Å². The molecule has 0 N–H and O–H groups in total. The molecule has 0 aliphatic heterocycles.